The third kappa shape index (κ3) is 55.7. The standard InChI is InChI=1S/C64H123NO5/c1-3-5-7-9-11-13-15-17-18-19-20-21-22-24-27-30-33-36-40-44-48-52-56-62(67)61(60-66)65-63(68)57-53-49-45-41-37-34-31-28-25-23-26-29-32-35-39-43-47-51-55-59-70-64(69)58-54-50-46-42-38-16-14-12-10-8-6-4-2/h12,14,52,56,61-62,66-67H,3-11,13,15-51,53-55,57-60H2,1-2H3,(H,65,68)/b14-12-,56-52+. The van der Waals surface area contributed by atoms with Gasteiger partial charge in [-0.05, 0) is 57.8 Å². The summed E-state index contributed by atoms with van der Waals surface area (Å²) >= 11 is 0. The number of allylic oxidation sites excluding steroid dienone is 3. The van der Waals surface area contributed by atoms with Crippen molar-refractivity contribution >= 4 is 11.9 Å². The number of amides is 1. The molecule has 0 fully saturated rings. The Bertz CT molecular complexity index is 1090. The molecule has 0 saturated heterocycles. The summed E-state index contributed by atoms with van der Waals surface area (Å²) < 4.78 is 5.46. The van der Waals surface area contributed by atoms with Gasteiger partial charge in [0.15, 0.2) is 0 Å². The van der Waals surface area contributed by atoms with Crippen molar-refractivity contribution in [1.82, 2.24) is 5.32 Å². The van der Waals surface area contributed by atoms with Crippen molar-refractivity contribution in [1.29, 1.82) is 0 Å². The number of hydrogen-bond acceptors (Lipinski definition) is 5. The van der Waals surface area contributed by atoms with Crippen molar-refractivity contribution < 1.29 is 24.5 Å². The molecule has 0 saturated carbocycles. The van der Waals surface area contributed by atoms with Gasteiger partial charge >= 0.3 is 5.97 Å². The van der Waals surface area contributed by atoms with E-state index in [-0.39, 0.29) is 18.5 Å². The molecule has 0 aliphatic rings. The Morgan fingerprint density at radius 1 is 0.386 bits per heavy atom. The van der Waals surface area contributed by atoms with Gasteiger partial charge in [0.2, 0.25) is 5.91 Å². The van der Waals surface area contributed by atoms with E-state index in [2.05, 4.69) is 31.3 Å². The Labute approximate surface area is 437 Å². The molecule has 0 aliphatic carbocycles. The van der Waals surface area contributed by atoms with Gasteiger partial charge in [0.1, 0.15) is 0 Å². The van der Waals surface area contributed by atoms with Crippen LogP contribution in [-0.4, -0.2) is 47.4 Å². The minimum atomic E-state index is -0.847. The summed E-state index contributed by atoms with van der Waals surface area (Å²) in [7, 11) is 0. The molecule has 2 atom stereocenters. The molecule has 6 nitrogen and oxygen atoms in total. The van der Waals surface area contributed by atoms with Crippen LogP contribution in [0.25, 0.3) is 0 Å². The minimum Gasteiger partial charge on any atom is -0.466 e. The number of carbonyl (C=O) groups is 2. The van der Waals surface area contributed by atoms with Crippen molar-refractivity contribution in [2.24, 2.45) is 0 Å². The topological polar surface area (TPSA) is 95.9 Å². The lowest BCUT2D eigenvalue weighted by Gasteiger charge is -2.20. The molecule has 6 heteroatoms. The number of aliphatic hydroxyl groups is 2. The molecule has 0 spiro atoms. The first kappa shape index (κ1) is 68.3. The normalized spacial score (nSPS) is 12.7. The zero-order chi connectivity index (χ0) is 50.7. The van der Waals surface area contributed by atoms with Gasteiger partial charge in [0, 0.05) is 12.8 Å². The third-order valence-electron chi connectivity index (χ3n) is 14.7. The van der Waals surface area contributed by atoms with Crippen molar-refractivity contribution in [3.05, 3.63) is 24.3 Å². The Kier molecular flexibility index (Phi) is 58.5. The maximum absolute atomic E-state index is 12.5. The van der Waals surface area contributed by atoms with Crippen LogP contribution >= 0.6 is 0 Å². The van der Waals surface area contributed by atoms with Crippen LogP contribution in [-0.2, 0) is 14.3 Å². The second kappa shape index (κ2) is 59.9. The molecule has 0 aliphatic heterocycles. The zero-order valence-corrected chi connectivity index (χ0v) is 47.3. The number of rotatable bonds is 59. The van der Waals surface area contributed by atoms with Crippen LogP contribution in [0.3, 0.4) is 0 Å². The van der Waals surface area contributed by atoms with Gasteiger partial charge in [-0.25, -0.2) is 0 Å². The minimum absolute atomic E-state index is 0.00127. The first-order chi connectivity index (χ1) is 34.5. The Morgan fingerprint density at radius 3 is 1.04 bits per heavy atom. The van der Waals surface area contributed by atoms with Gasteiger partial charge in [-0.15, -0.1) is 0 Å². The van der Waals surface area contributed by atoms with Crippen molar-refractivity contribution in [3.63, 3.8) is 0 Å². The van der Waals surface area contributed by atoms with Crippen LogP contribution in [0.15, 0.2) is 24.3 Å². The van der Waals surface area contributed by atoms with E-state index in [9.17, 15) is 19.8 Å². The van der Waals surface area contributed by atoms with E-state index in [1.54, 1.807) is 6.08 Å². The summed E-state index contributed by atoms with van der Waals surface area (Å²) in [5.74, 6) is -0.0689. The fourth-order valence-corrected chi connectivity index (χ4v) is 9.87. The Balaban J connectivity index is 3.44. The number of ether oxygens (including phenoxy) is 1. The van der Waals surface area contributed by atoms with Gasteiger partial charge < -0.3 is 20.3 Å². The van der Waals surface area contributed by atoms with E-state index in [1.807, 2.05) is 6.08 Å². The molecular weight excluding hydrogens is 863 g/mol. The molecule has 0 aromatic rings. The molecule has 1 amide bonds. The fourth-order valence-electron chi connectivity index (χ4n) is 9.87. The van der Waals surface area contributed by atoms with Crippen molar-refractivity contribution in [2.45, 2.75) is 360 Å². The zero-order valence-electron chi connectivity index (χ0n) is 47.3. The highest BCUT2D eigenvalue weighted by atomic mass is 16.5. The van der Waals surface area contributed by atoms with Crippen LogP contribution in [0.2, 0.25) is 0 Å². The number of carbonyl (C=O) groups excluding carboxylic acids is 2. The Morgan fingerprint density at radius 2 is 0.671 bits per heavy atom. The highest BCUT2D eigenvalue weighted by Crippen LogP contribution is 2.18. The van der Waals surface area contributed by atoms with Gasteiger partial charge in [-0.3, -0.25) is 9.59 Å². The molecule has 3 N–H and O–H groups in total. The lowest BCUT2D eigenvalue weighted by atomic mass is 10.0. The quantitative estimate of drug-likeness (QED) is 0.0321. The van der Waals surface area contributed by atoms with Crippen molar-refractivity contribution in [2.75, 3.05) is 13.2 Å². The van der Waals surface area contributed by atoms with E-state index in [1.165, 1.54) is 276 Å². The van der Waals surface area contributed by atoms with Gasteiger partial charge in [-0.2, -0.15) is 0 Å². The van der Waals surface area contributed by atoms with E-state index < -0.39 is 12.1 Å². The molecule has 0 radical (unpaired) electrons. The summed E-state index contributed by atoms with van der Waals surface area (Å²) in [6.07, 6.45) is 73.6. The maximum Gasteiger partial charge on any atom is 0.305 e. The molecule has 0 aromatic carbocycles. The summed E-state index contributed by atoms with van der Waals surface area (Å²) in [6.45, 7) is 4.90. The molecule has 0 aromatic heterocycles. The summed E-state index contributed by atoms with van der Waals surface area (Å²) in [4.78, 5) is 24.5. The number of unbranched alkanes of at least 4 members (excludes halogenated alkanes) is 46. The van der Waals surface area contributed by atoms with Gasteiger partial charge in [0.25, 0.3) is 0 Å². The second-order valence-corrected chi connectivity index (χ2v) is 21.7. The van der Waals surface area contributed by atoms with E-state index in [4.69, 9.17) is 4.74 Å². The lowest BCUT2D eigenvalue weighted by molar-refractivity contribution is -0.143. The number of hydrogen-bond donors (Lipinski definition) is 3. The molecule has 2 unspecified atom stereocenters. The maximum atomic E-state index is 12.5. The average Bonchev–Trinajstić information content (AvgIpc) is 3.36. The Hall–Kier alpha value is -1.66. The van der Waals surface area contributed by atoms with Crippen LogP contribution in [0.1, 0.15) is 348 Å². The molecule has 414 valence electrons. The van der Waals surface area contributed by atoms with Crippen LogP contribution < -0.4 is 5.32 Å². The van der Waals surface area contributed by atoms with E-state index >= 15 is 0 Å². The third-order valence-corrected chi connectivity index (χ3v) is 14.7. The predicted molar refractivity (Wildman–Crippen MR) is 306 cm³/mol. The van der Waals surface area contributed by atoms with Gasteiger partial charge in [-0.1, -0.05) is 301 Å². The largest absolute Gasteiger partial charge is 0.466 e. The van der Waals surface area contributed by atoms with Crippen LogP contribution in [0, 0.1) is 0 Å². The molecule has 0 rings (SSSR count). The average molecular weight is 987 g/mol. The van der Waals surface area contributed by atoms with Crippen LogP contribution in [0.5, 0.6) is 0 Å². The summed E-state index contributed by atoms with van der Waals surface area (Å²) in [6, 6.07) is -0.631. The lowest BCUT2D eigenvalue weighted by Crippen LogP contribution is -2.45. The SMILES string of the molecule is CCCCC/C=C\CCCCCCCC(=O)OCCCCCCCCCCCCCCCCCCCCCC(=O)NC(CO)C(O)/C=C/CCCCCCCCCCCCCCCCCCCCCC. The summed E-state index contributed by atoms with van der Waals surface area (Å²) in [5.41, 5.74) is 0. The summed E-state index contributed by atoms with van der Waals surface area (Å²) in [5, 5.41) is 23.2. The molecule has 0 bridgehead atoms. The predicted octanol–water partition coefficient (Wildman–Crippen LogP) is 19.8. The smallest absolute Gasteiger partial charge is 0.305 e. The highest BCUT2D eigenvalue weighted by molar-refractivity contribution is 5.76. The fraction of sp³-hybridized carbons (Fsp3) is 0.906. The van der Waals surface area contributed by atoms with Crippen LogP contribution in [0.4, 0.5) is 0 Å². The first-order valence-electron chi connectivity index (χ1n) is 31.6. The number of aliphatic hydroxyl groups excluding tert-OH is 2. The monoisotopic (exact) mass is 986 g/mol. The highest BCUT2D eigenvalue weighted by Gasteiger charge is 2.18. The molecule has 0 heterocycles. The number of esters is 1. The van der Waals surface area contributed by atoms with Gasteiger partial charge in [0.05, 0.1) is 25.4 Å². The van der Waals surface area contributed by atoms with Crippen molar-refractivity contribution in [3.8, 4) is 0 Å². The molecule has 70 heavy (non-hydrogen) atoms. The van der Waals surface area contributed by atoms with E-state index in [0.717, 1.165) is 44.9 Å². The molecular formula is C64H123NO5. The van der Waals surface area contributed by atoms with E-state index in [0.29, 0.717) is 19.4 Å². The number of nitrogens with one attached hydrogen (secondary N) is 1. The second-order valence-electron chi connectivity index (χ2n) is 21.7. The first-order valence-corrected chi connectivity index (χ1v) is 31.6.